The summed E-state index contributed by atoms with van der Waals surface area (Å²) in [6.45, 7) is 3.96. The van der Waals surface area contributed by atoms with Crippen LogP contribution in [0.1, 0.15) is 11.1 Å². The van der Waals surface area contributed by atoms with E-state index >= 15 is 0 Å². The summed E-state index contributed by atoms with van der Waals surface area (Å²) in [5.74, 6) is -1.13. The van der Waals surface area contributed by atoms with Gasteiger partial charge in [0.15, 0.2) is 17.2 Å². The van der Waals surface area contributed by atoms with Gasteiger partial charge in [0.25, 0.3) is 0 Å². The van der Waals surface area contributed by atoms with E-state index in [0.29, 0.717) is 5.56 Å². The molecule has 0 spiro atoms. The molecular formula is C14H14O3. The molecule has 2 aromatic rings. The molecule has 0 saturated carbocycles. The predicted molar refractivity (Wildman–Crippen MR) is 66.3 cm³/mol. The number of benzene rings is 2. The van der Waals surface area contributed by atoms with Crippen molar-refractivity contribution < 1.29 is 15.3 Å². The molecule has 0 atom stereocenters. The van der Waals surface area contributed by atoms with Crippen LogP contribution >= 0.6 is 0 Å². The summed E-state index contributed by atoms with van der Waals surface area (Å²) in [5, 5.41) is 28.2. The van der Waals surface area contributed by atoms with Crippen LogP contribution in [0.15, 0.2) is 30.3 Å². The molecule has 0 aliphatic carbocycles. The zero-order valence-electron chi connectivity index (χ0n) is 9.73. The van der Waals surface area contributed by atoms with Crippen molar-refractivity contribution in [3.63, 3.8) is 0 Å². The fourth-order valence-electron chi connectivity index (χ4n) is 1.90. The lowest BCUT2D eigenvalue weighted by atomic mass is 9.98. The van der Waals surface area contributed by atoms with Crippen LogP contribution in [-0.4, -0.2) is 15.3 Å². The van der Waals surface area contributed by atoms with Crippen molar-refractivity contribution in [1.29, 1.82) is 0 Å². The molecule has 2 rings (SSSR count). The molecule has 88 valence electrons. The number of hydrogen-bond donors (Lipinski definition) is 3. The third kappa shape index (κ3) is 2.04. The van der Waals surface area contributed by atoms with E-state index in [0.717, 1.165) is 16.7 Å². The maximum atomic E-state index is 9.48. The van der Waals surface area contributed by atoms with Crippen LogP contribution in [-0.2, 0) is 0 Å². The van der Waals surface area contributed by atoms with E-state index in [2.05, 4.69) is 0 Å². The van der Waals surface area contributed by atoms with Crippen LogP contribution < -0.4 is 0 Å². The Labute approximate surface area is 99.6 Å². The number of phenols is 3. The van der Waals surface area contributed by atoms with Crippen LogP contribution in [0.5, 0.6) is 17.2 Å². The van der Waals surface area contributed by atoms with E-state index in [1.807, 2.05) is 32.0 Å². The Hall–Kier alpha value is -2.16. The molecule has 0 radical (unpaired) electrons. The Balaban J connectivity index is 2.61. The van der Waals surface area contributed by atoms with Gasteiger partial charge < -0.3 is 15.3 Å². The number of aromatic hydroxyl groups is 3. The van der Waals surface area contributed by atoms with Crippen molar-refractivity contribution >= 4 is 0 Å². The first-order chi connectivity index (χ1) is 7.99. The lowest BCUT2D eigenvalue weighted by Crippen LogP contribution is -1.85. The maximum absolute atomic E-state index is 9.48. The third-order valence-electron chi connectivity index (χ3n) is 2.76. The van der Waals surface area contributed by atoms with Crippen molar-refractivity contribution in [2.45, 2.75) is 13.8 Å². The molecule has 0 unspecified atom stereocenters. The number of rotatable bonds is 1. The molecule has 0 aliphatic rings. The number of phenolic OH excluding ortho intramolecular Hbond substituents is 3. The molecule has 3 nitrogen and oxygen atoms in total. The minimum Gasteiger partial charge on any atom is -0.504 e. The first-order valence-corrected chi connectivity index (χ1v) is 5.31. The minimum atomic E-state index is -0.487. The van der Waals surface area contributed by atoms with E-state index in [1.54, 1.807) is 0 Å². The fraction of sp³-hybridized carbons (Fsp3) is 0.143. The van der Waals surface area contributed by atoms with Gasteiger partial charge in [0.1, 0.15) is 0 Å². The van der Waals surface area contributed by atoms with Gasteiger partial charge in [-0.05, 0) is 42.7 Å². The summed E-state index contributed by atoms with van der Waals surface area (Å²) in [6.07, 6.45) is 0. The molecule has 0 amide bonds. The first kappa shape index (κ1) is 11.3. The third-order valence-corrected chi connectivity index (χ3v) is 2.76. The van der Waals surface area contributed by atoms with Crippen LogP contribution in [0.3, 0.4) is 0 Å². The Bertz CT molecular complexity index is 551. The number of aryl methyl sites for hydroxylation is 2. The molecule has 0 heterocycles. The Morgan fingerprint density at radius 1 is 0.824 bits per heavy atom. The molecule has 3 heteroatoms. The molecule has 0 aromatic heterocycles. The van der Waals surface area contributed by atoms with Crippen molar-refractivity contribution in [1.82, 2.24) is 0 Å². The standard InChI is InChI=1S/C14H14O3/c1-8-3-4-11(9(2)5-8)10-6-12(15)14(17)13(16)7-10/h3-7,15-17H,1-2H3. The van der Waals surface area contributed by atoms with E-state index in [4.69, 9.17) is 0 Å². The second-order valence-corrected chi connectivity index (χ2v) is 4.18. The molecule has 2 aromatic carbocycles. The largest absolute Gasteiger partial charge is 0.504 e. The highest BCUT2D eigenvalue weighted by molar-refractivity contribution is 5.72. The summed E-state index contributed by atoms with van der Waals surface area (Å²) < 4.78 is 0. The number of hydrogen-bond acceptors (Lipinski definition) is 3. The van der Waals surface area contributed by atoms with Gasteiger partial charge in [-0.1, -0.05) is 23.8 Å². The van der Waals surface area contributed by atoms with Crippen molar-refractivity contribution in [3.8, 4) is 28.4 Å². The van der Waals surface area contributed by atoms with Crippen molar-refractivity contribution in [3.05, 3.63) is 41.5 Å². The Morgan fingerprint density at radius 2 is 1.41 bits per heavy atom. The van der Waals surface area contributed by atoms with Gasteiger partial charge in [0, 0.05) is 0 Å². The average Bonchev–Trinajstić information content (AvgIpc) is 2.25. The first-order valence-electron chi connectivity index (χ1n) is 5.31. The van der Waals surface area contributed by atoms with Crippen molar-refractivity contribution in [2.24, 2.45) is 0 Å². The van der Waals surface area contributed by atoms with E-state index < -0.39 is 5.75 Å². The van der Waals surface area contributed by atoms with E-state index in [1.165, 1.54) is 12.1 Å². The Morgan fingerprint density at radius 3 is 1.94 bits per heavy atom. The molecule has 0 aliphatic heterocycles. The summed E-state index contributed by atoms with van der Waals surface area (Å²) in [6, 6.07) is 8.79. The molecule has 3 N–H and O–H groups in total. The quantitative estimate of drug-likeness (QED) is 0.660. The highest BCUT2D eigenvalue weighted by Gasteiger charge is 2.10. The lowest BCUT2D eigenvalue weighted by Gasteiger charge is -2.09. The van der Waals surface area contributed by atoms with Gasteiger partial charge in [-0.3, -0.25) is 0 Å². The normalized spacial score (nSPS) is 10.5. The van der Waals surface area contributed by atoms with E-state index in [-0.39, 0.29) is 11.5 Å². The molecule has 0 fully saturated rings. The topological polar surface area (TPSA) is 60.7 Å². The average molecular weight is 230 g/mol. The zero-order valence-corrected chi connectivity index (χ0v) is 9.73. The second kappa shape index (κ2) is 4.01. The lowest BCUT2D eigenvalue weighted by molar-refractivity contribution is 0.368. The van der Waals surface area contributed by atoms with Crippen LogP contribution in [0, 0.1) is 13.8 Å². The highest BCUT2D eigenvalue weighted by Crippen LogP contribution is 2.39. The molecule has 0 saturated heterocycles. The van der Waals surface area contributed by atoms with Crippen LogP contribution in [0.2, 0.25) is 0 Å². The minimum absolute atomic E-state index is 0.319. The summed E-state index contributed by atoms with van der Waals surface area (Å²) in [4.78, 5) is 0. The van der Waals surface area contributed by atoms with E-state index in [9.17, 15) is 15.3 Å². The van der Waals surface area contributed by atoms with Gasteiger partial charge >= 0.3 is 0 Å². The maximum Gasteiger partial charge on any atom is 0.200 e. The molecule has 0 bridgehead atoms. The molecular weight excluding hydrogens is 216 g/mol. The van der Waals surface area contributed by atoms with Crippen molar-refractivity contribution in [2.75, 3.05) is 0 Å². The fourth-order valence-corrected chi connectivity index (χ4v) is 1.90. The summed E-state index contributed by atoms with van der Waals surface area (Å²) in [7, 11) is 0. The Kier molecular flexibility index (Phi) is 2.68. The smallest absolute Gasteiger partial charge is 0.200 e. The second-order valence-electron chi connectivity index (χ2n) is 4.18. The van der Waals surface area contributed by atoms with Gasteiger partial charge in [0.2, 0.25) is 0 Å². The highest BCUT2D eigenvalue weighted by atomic mass is 16.3. The zero-order chi connectivity index (χ0) is 12.6. The summed E-state index contributed by atoms with van der Waals surface area (Å²) >= 11 is 0. The molecule has 17 heavy (non-hydrogen) atoms. The van der Waals surface area contributed by atoms with Gasteiger partial charge in [-0.15, -0.1) is 0 Å². The van der Waals surface area contributed by atoms with Crippen LogP contribution in [0.25, 0.3) is 11.1 Å². The predicted octanol–water partition coefficient (Wildman–Crippen LogP) is 3.09. The monoisotopic (exact) mass is 230 g/mol. The van der Waals surface area contributed by atoms with Gasteiger partial charge in [-0.25, -0.2) is 0 Å². The van der Waals surface area contributed by atoms with Crippen LogP contribution in [0.4, 0.5) is 0 Å². The SMILES string of the molecule is Cc1ccc(-c2cc(O)c(O)c(O)c2)c(C)c1. The van der Waals surface area contributed by atoms with Gasteiger partial charge in [-0.2, -0.15) is 0 Å². The van der Waals surface area contributed by atoms with Gasteiger partial charge in [0.05, 0.1) is 0 Å². The summed E-state index contributed by atoms with van der Waals surface area (Å²) in [5.41, 5.74) is 3.80.